The molecule has 0 aliphatic rings. The summed E-state index contributed by atoms with van der Waals surface area (Å²) in [5, 5.41) is 0.589. The Morgan fingerprint density at radius 2 is 1.70 bits per heavy atom. The van der Waals surface area contributed by atoms with Gasteiger partial charge >= 0.3 is 6.18 Å². The Morgan fingerprint density at radius 3 is 2.27 bits per heavy atom. The zero-order chi connectivity index (χ0) is 22.5. The first-order chi connectivity index (χ1) is 14.0. The van der Waals surface area contributed by atoms with Gasteiger partial charge in [-0.15, -0.1) is 0 Å². The third kappa shape index (κ3) is 6.94. The minimum absolute atomic E-state index is 0.00555. The molecule has 30 heavy (non-hydrogen) atoms. The van der Waals surface area contributed by atoms with Gasteiger partial charge in [-0.25, -0.2) is 0 Å². The van der Waals surface area contributed by atoms with Crippen LogP contribution in [0.4, 0.5) is 18.9 Å². The van der Waals surface area contributed by atoms with Crippen LogP contribution in [-0.2, 0) is 9.53 Å². The average Bonchev–Trinajstić information content (AvgIpc) is 2.63. The van der Waals surface area contributed by atoms with Crippen molar-refractivity contribution in [3.05, 3.63) is 62.6 Å². The highest BCUT2D eigenvalue weighted by molar-refractivity contribution is 6.34. The number of carbonyl (C=O) groups is 1. The lowest BCUT2D eigenvalue weighted by Crippen LogP contribution is -2.32. The Morgan fingerprint density at radius 1 is 1.07 bits per heavy atom. The number of benzene rings is 2. The first kappa shape index (κ1) is 24.6. The van der Waals surface area contributed by atoms with Crippen LogP contribution in [0.3, 0.4) is 0 Å². The Labute approximate surface area is 187 Å². The van der Waals surface area contributed by atoms with E-state index in [1.165, 1.54) is 25.3 Å². The van der Waals surface area contributed by atoms with Crippen LogP contribution in [0.1, 0.15) is 36.3 Å². The Kier molecular flexibility index (Phi) is 8.67. The molecule has 0 spiro atoms. The van der Waals surface area contributed by atoms with Crippen molar-refractivity contribution >= 4 is 46.4 Å². The number of ether oxygens (including phenoxy) is 1. The molecule has 2 aromatic carbocycles. The minimum Gasteiger partial charge on any atom is -0.375 e. The molecule has 0 aromatic heterocycles. The number of hydrazine groups is 1. The molecule has 2 unspecified atom stereocenters. The minimum atomic E-state index is -4.48. The maximum absolute atomic E-state index is 13.8. The molecule has 2 rings (SSSR count). The van der Waals surface area contributed by atoms with Crippen LogP contribution < -0.4 is 10.9 Å². The Balaban J connectivity index is 2.24. The lowest BCUT2D eigenvalue weighted by Gasteiger charge is -2.25. The first-order valence-electron chi connectivity index (χ1n) is 8.87. The smallest absolute Gasteiger partial charge is 0.375 e. The largest absolute Gasteiger partial charge is 0.395 e. The number of alkyl halides is 3. The quantitative estimate of drug-likeness (QED) is 0.417. The van der Waals surface area contributed by atoms with Gasteiger partial charge in [-0.2, -0.15) is 13.2 Å². The molecule has 0 bridgehead atoms. The van der Waals surface area contributed by atoms with E-state index in [-0.39, 0.29) is 28.6 Å². The molecule has 10 heteroatoms. The van der Waals surface area contributed by atoms with E-state index in [0.717, 1.165) is 0 Å². The maximum atomic E-state index is 13.8. The first-order valence-corrected chi connectivity index (χ1v) is 10.0. The van der Waals surface area contributed by atoms with Gasteiger partial charge in [0.2, 0.25) is 0 Å². The lowest BCUT2D eigenvalue weighted by atomic mass is 9.85. The molecular weight excluding hydrogens is 464 g/mol. The topological polar surface area (TPSA) is 50.4 Å². The monoisotopic (exact) mass is 482 g/mol. The third-order valence-electron chi connectivity index (χ3n) is 4.44. The summed E-state index contributed by atoms with van der Waals surface area (Å²) >= 11 is 17.9. The fourth-order valence-corrected chi connectivity index (χ4v) is 3.68. The highest BCUT2D eigenvalue weighted by Crippen LogP contribution is 2.43. The van der Waals surface area contributed by atoms with Gasteiger partial charge in [0.05, 0.1) is 16.6 Å². The van der Waals surface area contributed by atoms with Crippen molar-refractivity contribution in [1.29, 1.82) is 0 Å². The van der Waals surface area contributed by atoms with Gasteiger partial charge in [-0.05, 0) is 53.8 Å². The molecule has 2 aromatic rings. The summed E-state index contributed by atoms with van der Waals surface area (Å²) in [5.41, 5.74) is 6.04. The second-order valence-corrected chi connectivity index (χ2v) is 8.06. The summed E-state index contributed by atoms with van der Waals surface area (Å²) in [6.07, 6.45) is -4.71. The van der Waals surface area contributed by atoms with Gasteiger partial charge in [0.1, 0.15) is 6.61 Å². The number of hydrogen-bond acceptors (Lipinski definition) is 3. The molecule has 0 aliphatic heterocycles. The number of rotatable bonds is 8. The van der Waals surface area contributed by atoms with E-state index in [1.54, 1.807) is 25.1 Å². The molecule has 0 saturated carbocycles. The second kappa shape index (κ2) is 10.6. The molecule has 4 nitrogen and oxygen atoms in total. The number of hydrogen-bond donors (Lipinski definition) is 2. The van der Waals surface area contributed by atoms with Gasteiger partial charge in [0, 0.05) is 17.2 Å². The molecule has 0 heterocycles. The standard InChI is InChI=1S/C20H20Cl3F3N2O2/c1-11(5-16(20(24,25)26)13-6-14(21)9-15(22)7-13)12-3-4-17(23)18(8-12)27-28-19(29)10-30-2/h3-4,6-9,11,16,27H,5,10H2,1-2H3,(H,28,29). The molecule has 0 saturated heterocycles. The number of halogens is 6. The SMILES string of the molecule is COCC(=O)NNc1cc(C(C)CC(c2cc(Cl)cc(Cl)c2)C(F)(F)F)ccc1Cl. The summed E-state index contributed by atoms with van der Waals surface area (Å²) in [4.78, 5) is 11.5. The van der Waals surface area contributed by atoms with Crippen LogP contribution in [-0.4, -0.2) is 25.8 Å². The van der Waals surface area contributed by atoms with Gasteiger partial charge in [-0.1, -0.05) is 47.8 Å². The van der Waals surface area contributed by atoms with E-state index in [2.05, 4.69) is 10.9 Å². The molecule has 0 fully saturated rings. The zero-order valence-electron chi connectivity index (χ0n) is 16.1. The van der Waals surface area contributed by atoms with Crippen LogP contribution in [0.5, 0.6) is 0 Å². The normalized spacial score (nSPS) is 13.6. The lowest BCUT2D eigenvalue weighted by molar-refractivity contribution is -0.152. The predicted molar refractivity (Wildman–Crippen MR) is 113 cm³/mol. The summed E-state index contributed by atoms with van der Waals surface area (Å²) in [7, 11) is 1.37. The maximum Gasteiger partial charge on any atom is 0.395 e. The number of carbonyl (C=O) groups excluding carboxylic acids is 1. The van der Waals surface area contributed by atoms with Crippen molar-refractivity contribution in [2.24, 2.45) is 0 Å². The van der Waals surface area contributed by atoms with Crippen LogP contribution in [0, 0.1) is 0 Å². The summed E-state index contributed by atoms with van der Waals surface area (Å²) in [6, 6.07) is 8.73. The van der Waals surface area contributed by atoms with E-state index in [1.807, 2.05) is 0 Å². The van der Waals surface area contributed by atoms with Crippen LogP contribution in [0.2, 0.25) is 15.1 Å². The van der Waals surface area contributed by atoms with Crippen molar-refractivity contribution in [1.82, 2.24) is 5.43 Å². The molecular formula is C20H20Cl3F3N2O2. The molecule has 2 atom stereocenters. The number of nitrogens with one attached hydrogen (secondary N) is 2. The predicted octanol–water partition coefficient (Wildman–Crippen LogP) is 6.58. The van der Waals surface area contributed by atoms with E-state index >= 15 is 0 Å². The highest BCUT2D eigenvalue weighted by Gasteiger charge is 2.41. The highest BCUT2D eigenvalue weighted by atomic mass is 35.5. The van der Waals surface area contributed by atoms with E-state index < -0.39 is 23.9 Å². The molecule has 1 amide bonds. The molecule has 0 radical (unpaired) electrons. The van der Waals surface area contributed by atoms with Crippen molar-refractivity contribution in [3.63, 3.8) is 0 Å². The van der Waals surface area contributed by atoms with Gasteiger partial charge < -0.3 is 4.74 Å². The molecule has 164 valence electrons. The van der Waals surface area contributed by atoms with E-state index in [4.69, 9.17) is 39.5 Å². The fraction of sp³-hybridized carbons (Fsp3) is 0.350. The average molecular weight is 484 g/mol. The fourth-order valence-electron chi connectivity index (χ4n) is 2.97. The van der Waals surface area contributed by atoms with Gasteiger partial charge in [0.25, 0.3) is 5.91 Å². The van der Waals surface area contributed by atoms with Crippen molar-refractivity contribution in [2.45, 2.75) is 31.4 Å². The summed E-state index contributed by atoms with van der Waals surface area (Å²) in [5.74, 6) is -2.67. The van der Waals surface area contributed by atoms with Crippen LogP contribution in [0.15, 0.2) is 36.4 Å². The number of methoxy groups -OCH3 is 1. The molecule has 2 N–H and O–H groups in total. The van der Waals surface area contributed by atoms with Crippen molar-refractivity contribution in [2.75, 3.05) is 19.1 Å². The summed E-state index contributed by atoms with van der Waals surface area (Å²) in [6.45, 7) is 1.53. The van der Waals surface area contributed by atoms with Crippen LogP contribution >= 0.6 is 34.8 Å². The Bertz CT molecular complexity index is 874. The van der Waals surface area contributed by atoms with Gasteiger partial charge in [-0.3, -0.25) is 15.6 Å². The zero-order valence-corrected chi connectivity index (χ0v) is 18.4. The summed E-state index contributed by atoms with van der Waals surface area (Å²) < 4.78 is 46.1. The van der Waals surface area contributed by atoms with Crippen molar-refractivity contribution < 1.29 is 22.7 Å². The third-order valence-corrected chi connectivity index (χ3v) is 5.21. The number of anilines is 1. The molecule has 0 aliphatic carbocycles. The van der Waals surface area contributed by atoms with E-state index in [9.17, 15) is 18.0 Å². The van der Waals surface area contributed by atoms with Crippen molar-refractivity contribution in [3.8, 4) is 0 Å². The second-order valence-electron chi connectivity index (χ2n) is 6.78. The van der Waals surface area contributed by atoms with Gasteiger partial charge in [0.15, 0.2) is 0 Å². The number of amides is 1. The van der Waals surface area contributed by atoms with E-state index in [0.29, 0.717) is 16.3 Å². The van der Waals surface area contributed by atoms with Crippen LogP contribution in [0.25, 0.3) is 0 Å². The Hall–Kier alpha value is -1.67.